The summed E-state index contributed by atoms with van der Waals surface area (Å²) in [5.41, 5.74) is 1.52. The third-order valence-corrected chi connectivity index (χ3v) is 3.69. The van der Waals surface area contributed by atoms with Crippen molar-refractivity contribution in [2.75, 3.05) is 11.9 Å². The van der Waals surface area contributed by atoms with Gasteiger partial charge in [-0.25, -0.2) is 0 Å². The first-order chi connectivity index (χ1) is 9.47. The number of hydrogen-bond acceptors (Lipinski definition) is 2. The van der Waals surface area contributed by atoms with Gasteiger partial charge in [-0.3, -0.25) is 4.79 Å². The average Bonchev–Trinajstić information content (AvgIpc) is 2.43. The molecule has 0 saturated carbocycles. The van der Waals surface area contributed by atoms with Crippen molar-refractivity contribution in [3.63, 3.8) is 0 Å². The molecule has 1 N–H and O–H groups in total. The zero-order valence-corrected chi connectivity index (χ0v) is 12.3. The quantitative estimate of drug-likeness (QED) is 0.934. The Labute approximate surface area is 127 Å². The first-order valence-corrected chi connectivity index (χ1v) is 6.72. The summed E-state index contributed by atoms with van der Waals surface area (Å²) in [7, 11) is 1.69. The van der Waals surface area contributed by atoms with Crippen LogP contribution in [0, 0.1) is 0 Å². The van der Waals surface area contributed by atoms with Crippen molar-refractivity contribution in [2.24, 2.45) is 0 Å². The van der Waals surface area contributed by atoms with Crippen molar-refractivity contribution in [2.45, 2.75) is 6.42 Å². The fourth-order valence-electron chi connectivity index (χ4n) is 1.76. The van der Waals surface area contributed by atoms with Crippen molar-refractivity contribution in [3.8, 4) is 5.75 Å². The number of aromatic hydroxyl groups is 1. The molecule has 0 atom stereocenters. The maximum Gasteiger partial charge on any atom is 0.231 e. The Hall–Kier alpha value is -1.71. The van der Waals surface area contributed by atoms with E-state index in [4.69, 9.17) is 23.2 Å². The molecule has 2 aromatic rings. The van der Waals surface area contributed by atoms with Gasteiger partial charge in [-0.05, 0) is 42.0 Å². The van der Waals surface area contributed by atoms with E-state index < -0.39 is 0 Å². The number of rotatable bonds is 3. The number of amides is 1. The van der Waals surface area contributed by atoms with Gasteiger partial charge in [0.1, 0.15) is 5.75 Å². The molecule has 2 aromatic carbocycles. The monoisotopic (exact) mass is 309 g/mol. The highest BCUT2D eigenvalue weighted by Crippen LogP contribution is 2.23. The van der Waals surface area contributed by atoms with Gasteiger partial charge in [0.05, 0.1) is 16.5 Å². The summed E-state index contributed by atoms with van der Waals surface area (Å²) >= 11 is 11.8. The lowest BCUT2D eigenvalue weighted by molar-refractivity contribution is -0.117. The Morgan fingerprint density at radius 3 is 2.35 bits per heavy atom. The minimum atomic E-state index is -0.0749. The van der Waals surface area contributed by atoms with Crippen LogP contribution < -0.4 is 4.90 Å². The minimum absolute atomic E-state index is 0.0749. The van der Waals surface area contributed by atoms with E-state index in [-0.39, 0.29) is 18.1 Å². The highest BCUT2D eigenvalue weighted by atomic mass is 35.5. The Kier molecular flexibility index (Phi) is 4.53. The number of hydrogen-bond donors (Lipinski definition) is 1. The van der Waals surface area contributed by atoms with Gasteiger partial charge in [0, 0.05) is 12.7 Å². The molecule has 0 heterocycles. The second-order valence-corrected chi connectivity index (χ2v) is 5.21. The Morgan fingerprint density at radius 1 is 1.10 bits per heavy atom. The standard InChI is InChI=1S/C15H13Cl2NO2/c1-18(11-3-5-12(19)6-4-11)15(20)9-10-2-7-13(16)14(17)8-10/h2-8,19H,9H2,1H3. The number of phenols is 1. The molecule has 0 bridgehead atoms. The van der Waals surface area contributed by atoms with Gasteiger partial charge in [-0.1, -0.05) is 29.3 Å². The van der Waals surface area contributed by atoms with E-state index in [1.807, 2.05) is 0 Å². The van der Waals surface area contributed by atoms with Crippen molar-refractivity contribution < 1.29 is 9.90 Å². The number of carbonyl (C=O) groups excluding carboxylic acids is 1. The summed E-state index contributed by atoms with van der Waals surface area (Å²) in [4.78, 5) is 13.7. The molecule has 1 amide bonds. The third-order valence-electron chi connectivity index (χ3n) is 2.95. The lowest BCUT2D eigenvalue weighted by Gasteiger charge is -2.17. The summed E-state index contributed by atoms with van der Waals surface area (Å²) in [6.45, 7) is 0. The van der Waals surface area contributed by atoms with Crippen LogP contribution in [0.3, 0.4) is 0 Å². The molecule has 0 aliphatic rings. The second-order valence-electron chi connectivity index (χ2n) is 4.39. The fourth-order valence-corrected chi connectivity index (χ4v) is 2.08. The largest absolute Gasteiger partial charge is 0.508 e. The maximum atomic E-state index is 12.2. The fraction of sp³-hybridized carbons (Fsp3) is 0.133. The van der Waals surface area contributed by atoms with Crippen LogP contribution >= 0.6 is 23.2 Å². The molecule has 0 aliphatic heterocycles. The van der Waals surface area contributed by atoms with Gasteiger partial charge < -0.3 is 10.0 Å². The number of halogens is 2. The molecule has 5 heteroatoms. The second kappa shape index (κ2) is 6.16. The van der Waals surface area contributed by atoms with Crippen LogP contribution in [0.5, 0.6) is 5.75 Å². The van der Waals surface area contributed by atoms with E-state index in [9.17, 15) is 9.90 Å². The van der Waals surface area contributed by atoms with Crippen LogP contribution in [-0.4, -0.2) is 18.1 Å². The van der Waals surface area contributed by atoms with E-state index in [2.05, 4.69) is 0 Å². The van der Waals surface area contributed by atoms with Gasteiger partial charge in [0.15, 0.2) is 0 Å². The molecule has 0 aromatic heterocycles. The van der Waals surface area contributed by atoms with E-state index in [0.29, 0.717) is 15.7 Å². The Balaban J connectivity index is 2.11. The molecular weight excluding hydrogens is 297 g/mol. The van der Waals surface area contributed by atoms with Crippen molar-refractivity contribution in [1.82, 2.24) is 0 Å². The number of carbonyl (C=O) groups is 1. The molecule has 104 valence electrons. The van der Waals surface area contributed by atoms with E-state index >= 15 is 0 Å². The molecule has 3 nitrogen and oxygen atoms in total. The van der Waals surface area contributed by atoms with Crippen LogP contribution in [0.15, 0.2) is 42.5 Å². The molecule has 0 radical (unpaired) electrons. The molecule has 0 aliphatic carbocycles. The molecule has 20 heavy (non-hydrogen) atoms. The van der Waals surface area contributed by atoms with Crippen LogP contribution in [0.25, 0.3) is 0 Å². The van der Waals surface area contributed by atoms with Crippen molar-refractivity contribution >= 4 is 34.8 Å². The van der Waals surface area contributed by atoms with Crippen LogP contribution in [0.1, 0.15) is 5.56 Å². The topological polar surface area (TPSA) is 40.5 Å². The SMILES string of the molecule is CN(C(=O)Cc1ccc(Cl)c(Cl)c1)c1ccc(O)cc1. The predicted octanol–water partition coefficient (Wildman–Crippen LogP) is 3.90. The van der Waals surface area contributed by atoms with E-state index in [1.54, 1.807) is 37.4 Å². The van der Waals surface area contributed by atoms with Gasteiger partial charge in [-0.15, -0.1) is 0 Å². The molecule has 0 fully saturated rings. The first kappa shape index (κ1) is 14.7. The molecule has 0 saturated heterocycles. The zero-order chi connectivity index (χ0) is 14.7. The number of phenolic OH excluding ortho intramolecular Hbond substituents is 1. The lowest BCUT2D eigenvalue weighted by atomic mass is 10.1. The predicted molar refractivity (Wildman–Crippen MR) is 81.7 cm³/mol. The normalized spacial score (nSPS) is 10.3. The van der Waals surface area contributed by atoms with E-state index in [1.165, 1.54) is 17.0 Å². The van der Waals surface area contributed by atoms with Crippen molar-refractivity contribution in [3.05, 3.63) is 58.1 Å². The number of likely N-dealkylation sites (N-methyl/N-ethyl adjacent to an activating group) is 1. The van der Waals surface area contributed by atoms with E-state index in [0.717, 1.165) is 5.56 Å². The van der Waals surface area contributed by atoms with Gasteiger partial charge >= 0.3 is 0 Å². The summed E-state index contributed by atoms with van der Waals surface area (Å²) < 4.78 is 0. The smallest absolute Gasteiger partial charge is 0.231 e. The molecule has 0 unspecified atom stereocenters. The Morgan fingerprint density at radius 2 is 1.75 bits per heavy atom. The highest BCUT2D eigenvalue weighted by molar-refractivity contribution is 6.42. The summed E-state index contributed by atoms with van der Waals surface area (Å²) in [6.07, 6.45) is 0.230. The highest BCUT2D eigenvalue weighted by Gasteiger charge is 2.12. The van der Waals surface area contributed by atoms with Gasteiger partial charge in [-0.2, -0.15) is 0 Å². The average molecular weight is 310 g/mol. The van der Waals surface area contributed by atoms with Crippen LogP contribution in [0.4, 0.5) is 5.69 Å². The third kappa shape index (κ3) is 3.44. The minimum Gasteiger partial charge on any atom is -0.508 e. The number of benzene rings is 2. The summed E-state index contributed by atoms with van der Waals surface area (Å²) in [6, 6.07) is 11.6. The molecule has 0 spiro atoms. The van der Waals surface area contributed by atoms with Crippen LogP contribution in [-0.2, 0) is 11.2 Å². The van der Waals surface area contributed by atoms with Gasteiger partial charge in [0.2, 0.25) is 5.91 Å². The zero-order valence-electron chi connectivity index (χ0n) is 10.8. The van der Waals surface area contributed by atoms with Crippen LogP contribution in [0.2, 0.25) is 10.0 Å². The number of nitrogens with zero attached hydrogens (tertiary/aromatic N) is 1. The molecular formula is C15H13Cl2NO2. The maximum absolute atomic E-state index is 12.2. The summed E-state index contributed by atoms with van der Waals surface area (Å²) in [5.74, 6) is 0.0909. The Bertz CT molecular complexity index is 626. The summed E-state index contributed by atoms with van der Waals surface area (Å²) in [5, 5.41) is 10.1. The lowest BCUT2D eigenvalue weighted by Crippen LogP contribution is -2.27. The number of anilines is 1. The molecule has 2 rings (SSSR count). The van der Waals surface area contributed by atoms with Crippen molar-refractivity contribution in [1.29, 1.82) is 0 Å². The first-order valence-electron chi connectivity index (χ1n) is 5.97. The van der Waals surface area contributed by atoms with Gasteiger partial charge in [0.25, 0.3) is 0 Å².